The SMILES string of the molecule is Cc1cc(C)n2c(N)c(-c3ccnn3C)nc2c1. The van der Waals surface area contributed by atoms with E-state index in [1.54, 1.807) is 10.9 Å². The molecule has 0 radical (unpaired) electrons. The molecule has 0 unspecified atom stereocenters. The lowest BCUT2D eigenvalue weighted by Gasteiger charge is -2.03. The summed E-state index contributed by atoms with van der Waals surface area (Å²) in [6.07, 6.45) is 1.75. The molecule has 3 heterocycles. The van der Waals surface area contributed by atoms with Crippen molar-refractivity contribution >= 4 is 11.5 Å². The highest BCUT2D eigenvalue weighted by Gasteiger charge is 2.15. The zero-order chi connectivity index (χ0) is 12.9. The lowest BCUT2D eigenvalue weighted by Crippen LogP contribution is -2.00. The van der Waals surface area contributed by atoms with Crippen LogP contribution in [0, 0.1) is 13.8 Å². The summed E-state index contributed by atoms with van der Waals surface area (Å²) in [6.45, 7) is 4.09. The van der Waals surface area contributed by atoms with Crippen LogP contribution in [0.2, 0.25) is 0 Å². The van der Waals surface area contributed by atoms with Crippen LogP contribution in [0.25, 0.3) is 17.0 Å². The summed E-state index contributed by atoms with van der Waals surface area (Å²) in [6, 6.07) is 6.04. The number of rotatable bonds is 1. The number of nitrogens with zero attached hydrogens (tertiary/aromatic N) is 4. The molecule has 18 heavy (non-hydrogen) atoms. The van der Waals surface area contributed by atoms with Crippen molar-refractivity contribution in [1.82, 2.24) is 19.2 Å². The van der Waals surface area contributed by atoms with Crippen LogP contribution in [0.15, 0.2) is 24.4 Å². The maximum Gasteiger partial charge on any atom is 0.139 e. The van der Waals surface area contributed by atoms with E-state index in [1.165, 1.54) is 5.56 Å². The molecule has 0 fully saturated rings. The fourth-order valence-corrected chi connectivity index (χ4v) is 2.35. The molecule has 0 aliphatic heterocycles. The molecule has 5 heteroatoms. The third-order valence-electron chi connectivity index (χ3n) is 3.15. The molecule has 0 saturated carbocycles. The molecule has 0 aliphatic rings. The van der Waals surface area contributed by atoms with Gasteiger partial charge in [0.15, 0.2) is 0 Å². The highest BCUT2D eigenvalue weighted by atomic mass is 15.3. The topological polar surface area (TPSA) is 61.1 Å². The third kappa shape index (κ3) is 1.40. The highest BCUT2D eigenvalue weighted by molar-refractivity contribution is 5.73. The molecule has 92 valence electrons. The van der Waals surface area contributed by atoms with E-state index in [2.05, 4.69) is 23.1 Å². The van der Waals surface area contributed by atoms with E-state index < -0.39 is 0 Å². The summed E-state index contributed by atoms with van der Waals surface area (Å²) in [5.41, 5.74) is 11.1. The number of nitrogen functional groups attached to an aromatic ring is 1. The van der Waals surface area contributed by atoms with Gasteiger partial charge < -0.3 is 5.73 Å². The minimum atomic E-state index is 0.658. The van der Waals surface area contributed by atoms with E-state index in [0.29, 0.717) is 5.82 Å². The number of aryl methyl sites for hydroxylation is 3. The van der Waals surface area contributed by atoms with E-state index in [9.17, 15) is 0 Å². The van der Waals surface area contributed by atoms with Crippen molar-refractivity contribution in [1.29, 1.82) is 0 Å². The van der Waals surface area contributed by atoms with Crippen LogP contribution in [-0.2, 0) is 7.05 Å². The maximum absolute atomic E-state index is 6.21. The summed E-state index contributed by atoms with van der Waals surface area (Å²) >= 11 is 0. The van der Waals surface area contributed by atoms with Crippen LogP contribution in [0.4, 0.5) is 5.82 Å². The van der Waals surface area contributed by atoms with Crippen LogP contribution in [-0.4, -0.2) is 19.2 Å². The molecular weight excluding hydrogens is 226 g/mol. The summed E-state index contributed by atoms with van der Waals surface area (Å²) in [4.78, 5) is 4.61. The first-order chi connectivity index (χ1) is 8.58. The Morgan fingerprint density at radius 2 is 2.00 bits per heavy atom. The van der Waals surface area contributed by atoms with Crippen LogP contribution in [0.5, 0.6) is 0 Å². The summed E-state index contributed by atoms with van der Waals surface area (Å²) in [7, 11) is 1.89. The average molecular weight is 241 g/mol. The molecule has 5 nitrogen and oxygen atoms in total. The first kappa shape index (κ1) is 10.8. The van der Waals surface area contributed by atoms with Gasteiger partial charge in [-0.25, -0.2) is 4.98 Å². The van der Waals surface area contributed by atoms with E-state index in [4.69, 9.17) is 5.73 Å². The standard InChI is InChI=1S/C13H15N5/c1-8-6-9(2)18-11(7-8)16-12(13(18)14)10-4-5-15-17(10)3/h4-7H,14H2,1-3H3. The van der Waals surface area contributed by atoms with Crippen LogP contribution >= 0.6 is 0 Å². The molecule has 3 aromatic rings. The molecule has 2 N–H and O–H groups in total. The van der Waals surface area contributed by atoms with Crippen molar-refractivity contribution in [3.05, 3.63) is 35.7 Å². The molecule has 3 rings (SSSR count). The number of nitrogens with two attached hydrogens (primary N) is 1. The van der Waals surface area contributed by atoms with Gasteiger partial charge in [0.1, 0.15) is 17.2 Å². The number of pyridine rings is 1. The Bertz CT molecular complexity index is 735. The van der Waals surface area contributed by atoms with Crippen molar-refractivity contribution in [2.24, 2.45) is 7.05 Å². The molecule has 0 bridgehead atoms. The first-order valence-corrected chi connectivity index (χ1v) is 5.81. The normalized spacial score (nSPS) is 11.3. The predicted octanol–water partition coefficient (Wildman–Crippen LogP) is 1.93. The Kier molecular flexibility index (Phi) is 2.16. The fourth-order valence-electron chi connectivity index (χ4n) is 2.35. The number of imidazole rings is 1. The van der Waals surface area contributed by atoms with Crippen molar-refractivity contribution in [2.45, 2.75) is 13.8 Å². The summed E-state index contributed by atoms with van der Waals surface area (Å²) in [5.74, 6) is 0.658. The van der Waals surface area contributed by atoms with Crippen molar-refractivity contribution in [2.75, 3.05) is 5.73 Å². The van der Waals surface area contributed by atoms with Crippen LogP contribution < -0.4 is 5.73 Å². The van der Waals surface area contributed by atoms with Crippen LogP contribution in [0.1, 0.15) is 11.3 Å². The number of hydrogen-bond acceptors (Lipinski definition) is 3. The number of hydrogen-bond donors (Lipinski definition) is 1. The monoisotopic (exact) mass is 241 g/mol. The van der Waals surface area contributed by atoms with Gasteiger partial charge in [0.05, 0.1) is 5.69 Å². The largest absolute Gasteiger partial charge is 0.383 e. The van der Waals surface area contributed by atoms with E-state index >= 15 is 0 Å². The van der Waals surface area contributed by atoms with Gasteiger partial charge in [-0.05, 0) is 37.6 Å². The first-order valence-electron chi connectivity index (χ1n) is 5.81. The number of anilines is 1. The molecule has 0 saturated heterocycles. The van der Waals surface area contributed by atoms with Gasteiger partial charge in [0.2, 0.25) is 0 Å². The second-order valence-electron chi connectivity index (χ2n) is 4.55. The Balaban J connectivity index is 2.36. The molecule has 0 amide bonds. The molecule has 0 atom stereocenters. The van der Waals surface area contributed by atoms with Gasteiger partial charge in [-0.2, -0.15) is 5.10 Å². The van der Waals surface area contributed by atoms with E-state index in [-0.39, 0.29) is 0 Å². The lowest BCUT2D eigenvalue weighted by atomic mass is 10.2. The Labute approximate surface area is 105 Å². The van der Waals surface area contributed by atoms with Gasteiger partial charge in [-0.3, -0.25) is 9.08 Å². The van der Waals surface area contributed by atoms with Gasteiger partial charge in [-0.1, -0.05) is 0 Å². The molecular formula is C13H15N5. The van der Waals surface area contributed by atoms with Gasteiger partial charge >= 0.3 is 0 Å². The van der Waals surface area contributed by atoms with Gasteiger partial charge in [-0.15, -0.1) is 0 Å². The lowest BCUT2D eigenvalue weighted by molar-refractivity contribution is 0.774. The zero-order valence-corrected chi connectivity index (χ0v) is 10.7. The van der Waals surface area contributed by atoms with E-state index in [1.807, 2.05) is 30.5 Å². The Morgan fingerprint density at radius 1 is 1.22 bits per heavy atom. The third-order valence-corrected chi connectivity index (χ3v) is 3.15. The number of aromatic nitrogens is 4. The molecule has 3 aromatic heterocycles. The average Bonchev–Trinajstić information content (AvgIpc) is 2.82. The smallest absolute Gasteiger partial charge is 0.139 e. The summed E-state index contributed by atoms with van der Waals surface area (Å²) in [5, 5.41) is 4.16. The minimum absolute atomic E-state index is 0.658. The van der Waals surface area contributed by atoms with Gasteiger partial charge in [0, 0.05) is 18.9 Å². The number of fused-ring (bicyclic) bond motifs is 1. The summed E-state index contributed by atoms with van der Waals surface area (Å²) < 4.78 is 3.75. The molecule has 0 aliphatic carbocycles. The maximum atomic E-state index is 6.21. The molecule has 0 spiro atoms. The second-order valence-corrected chi connectivity index (χ2v) is 4.55. The minimum Gasteiger partial charge on any atom is -0.383 e. The van der Waals surface area contributed by atoms with Gasteiger partial charge in [0.25, 0.3) is 0 Å². The van der Waals surface area contributed by atoms with Crippen molar-refractivity contribution in [3.8, 4) is 11.4 Å². The Hall–Kier alpha value is -2.30. The zero-order valence-electron chi connectivity index (χ0n) is 10.7. The fraction of sp³-hybridized carbons (Fsp3) is 0.231. The Morgan fingerprint density at radius 3 is 2.67 bits per heavy atom. The van der Waals surface area contributed by atoms with Crippen molar-refractivity contribution in [3.63, 3.8) is 0 Å². The highest BCUT2D eigenvalue weighted by Crippen LogP contribution is 2.27. The quantitative estimate of drug-likeness (QED) is 0.708. The van der Waals surface area contributed by atoms with Crippen molar-refractivity contribution < 1.29 is 0 Å². The molecule has 0 aromatic carbocycles. The predicted molar refractivity (Wildman–Crippen MR) is 71.3 cm³/mol. The second kappa shape index (κ2) is 3.60. The van der Waals surface area contributed by atoms with E-state index in [0.717, 1.165) is 22.7 Å². The van der Waals surface area contributed by atoms with Crippen LogP contribution in [0.3, 0.4) is 0 Å².